The van der Waals surface area contributed by atoms with E-state index in [0.717, 1.165) is 16.6 Å². The zero-order valence-electron chi connectivity index (χ0n) is 12.7. The predicted molar refractivity (Wildman–Crippen MR) is 92.9 cm³/mol. The highest BCUT2D eigenvalue weighted by atomic mass is 32.1. The van der Waals surface area contributed by atoms with Crippen molar-refractivity contribution in [2.75, 3.05) is 4.90 Å². The lowest BCUT2D eigenvalue weighted by atomic mass is 10.2. The predicted octanol–water partition coefficient (Wildman–Crippen LogP) is 3.66. The van der Waals surface area contributed by atoms with Gasteiger partial charge in [-0.3, -0.25) is 14.0 Å². The summed E-state index contributed by atoms with van der Waals surface area (Å²) in [7, 11) is 0. The smallest absolute Gasteiger partial charge is 0.277 e. The number of imide groups is 1. The highest BCUT2D eigenvalue weighted by molar-refractivity contribution is 7.19. The Kier molecular flexibility index (Phi) is 2.53. The van der Waals surface area contributed by atoms with Gasteiger partial charge < -0.3 is 0 Å². The van der Waals surface area contributed by atoms with Crippen LogP contribution in [-0.2, 0) is 0 Å². The number of aromatic nitrogens is 2. The summed E-state index contributed by atoms with van der Waals surface area (Å²) < 4.78 is 1.80. The molecule has 5 nitrogen and oxygen atoms in total. The van der Waals surface area contributed by atoms with E-state index in [1.807, 2.05) is 49.4 Å². The molecule has 1 aliphatic heterocycles. The monoisotopic (exact) mass is 333 g/mol. The van der Waals surface area contributed by atoms with Crippen molar-refractivity contribution >= 4 is 44.8 Å². The van der Waals surface area contributed by atoms with Crippen molar-refractivity contribution in [3.05, 3.63) is 64.7 Å². The molecule has 24 heavy (non-hydrogen) atoms. The Hall–Kier alpha value is -2.99. The van der Waals surface area contributed by atoms with Gasteiger partial charge in [0.15, 0.2) is 4.96 Å². The topological polar surface area (TPSA) is 54.7 Å². The van der Waals surface area contributed by atoms with E-state index < -0.39 is 0 Å². The van der Waals surface area contributed by atoms with Crippen molar-refractivity contribution in [3.63, 3.8) is 0 Å². The van der Waals surface area contributed by atoms with Crippen LogP contribution >= 0.6 is 11.3 Å². The standard InChI is InChI=1S/C18H11N3O2S/c1-10-6-2-4-8-12(10)21-16(22)14-15(17(21)23)24-18-19-11-7-3-5-9-13(11)20(14)18/h2-9H,1H3. The van der Waals surface area contributed by atoms with Crippen LogP contribution in [0, 0.1) is 6.92 Å². The van der Waals surface area contributed by atoms with Crippen molar-refractivity contribution in [1.29, 1.82) is 0 Å². The summed E-state index contributed by atoms with van der Waals surface area (Å²) in [5, 5.41) is 0. The average molecular weight is 333 g/mol. The largest absolute Gasteiger partial charge is 0.284 e. The summed E-state index contributed by atoms with van der Waals surface area (Å²) >= 11 is 1.27. The number of imidazole rings is 1. The Morgan fingerprint density at radius 1 is 0.958 bits per heavy atom. The molecule has 0 atom stereocenters. The van der Waals surface area contributed by atoms with Crippen LogP contribution in [0.15, 0.2) is 48.5 Å². The SMILES string of the molecule is Cc1ccccc1N1C(=O)c2sc3nc4ccccc4n3c2C1=O. The molecule has 0 fully saturated rings. The summed E-state index contributed by atoms with van der Waals surface area (Å²) in [5.74, 6) is -0.567. The maximum atomic E-state index is 13.0. The summed E-state index contributed by atoms with van der Waals surface area (Å²) in [6.07, 6.45) is 0. The van der Waals surface area contributed by atoms with E-state index in [4.69, 9.17) is 0 Å². The number of anilines is 1. The van der Waals surface area contributed by atoms with Gasteiger partial charge >= 0.3 is 0 Å². The number of thiazole rings is 1. The van der Waals surface area contributed by atoms with Crippen LogP contribution in [0.1, 0.15) is 25.7 Å². The van der Waals surface area contributed by atoms with Gasteiger partial charge in [0, 0.05) is 0 Å². The quantitative estimate of drug-likeness (QED) is 0.500. The molecule has 2 amide bonds. The van der Waals surface area contributed by atoms with Crippen LogP contribution in [0.3, 0.4) is 0 Å². The fraction of sp³-hybridized carbons (Fsp3) is 0.0556. The second kappa shape index (κ2) is 4.52. The first-order valence-corrected chi connectivity index (χ1v) is 8.33. The van der Waals surface area contributed by atoms with Gasteiger partial charge in [-0.05, 0) is 30.7 Å². The number of carbonyl (C=O) groups is 2. The lowest BCUT2D eigenvalue weighted by Crippen LogP contribution is -2.30. The Labute approximate surface area is 140 Å². The fourth-order valence-electron chi connectivity index (χ4n) is 3.20. The van der Waals surface area contributed by atoms with E-state index in [0.29, 0.717) is 21.2 Å². The number of rotatable bonds is 1. The molecular weight excluding hydrogens is 322 g/mol. The lowest BCUT2D eigenvalue weighted by Gasteiger charge is -2.16. The molecular formula is C18H11N3O2S. The molecule has 0 saturated heterocycles. The molecule has 4 aromatic rings. The minimum Gasteiger partial charge on any atom is -0.277 e. The van der Waals surface area contributed by atoms with Crippen LogP contribution < -0.4 is 4.90 Å². The first-order chi connectivity index (χ1) is 11.7. The Morgan fingerprint density at radius 3 is 2.54 bits per heavy atom. The van der Waals surface area contributed by atoms with E-state index in [1.54, 1.807) is 10.5 Å². The first-order valence-electron chi connectivity index (χ1n) is 7.51. The number of hydrogen-bond acceptors (Lipinski definition) is 4. The van der Waals surface area contributed by atoms with Crippen LogP contribution in [0.5, 0.6) is 0 Å². The normalized spacial score (nSPS) is 14.1. The molecule has 3 heterocycles. The number of nitrogens with zero attached hydrogens (tertiary/aromatic N) is 3. The van der Waals surface area contributed by atoms with Gasteiger partial charge in [0.05, 0.1) is 16.7 Å². The number of aryl methyl sites for hydroxylation is 1. The van der Waals surface area contributed by atoms with Crippen molar-refractivity contribution in [2.24, 2.45) is 0 Å². The average Bonchev–Trinajstić information content (AvgIpc) is 3.18. The summed E-state index contributed by atoms with van der Waals surface area (Å²) in [5.41, 5.74) is 3.60. The van der Waals surface area contributed by atoms with Crippen LogP contribution in [0.2, 0.25) is 0 Å². The third kappa shape index (κ3) is 1.55. The molecule has 5 rings (SSSR count). The number of para-hydroxylation sites is 3. The molecule has 2 aromatic heterocycles. The first kappa shape index (κ1) is 13.4. The minimum atomic E-state index is -0.293. The van der Waals surface area contributed by atoms with Crippen LogP contribution in [0.4, 0.5) is 5.69 Å². The Morgan fingerprint density at radius 2 is 1.71 bits per heavy atom. The van der Waals surface area contributed by atoms with E-state index in [1.165, 1.54) is 16.2 Å². The molecule has 0 aliphatic carbocycles. The molecule has 0 spiro atoms. The van der Waals surface area contributed by atoms with Crippen molar-refractivity contribution in [1.82, 2.24) is 9.38 Å². The number of fused-ring (bicyclic) bond motifs is 5. The molecule has 0 bridgehead atoms. The van der Waals surface area contributed by atoms with Gasteiger partial charge in [0.1, 0.15) is 10.6 Å². The number of carbonyl (C=O) groups excluding carboxylic acids is 2. The molecule has 2 aromatic carbocycles. The van der Waals surface area contributed by atoms with Gasteiger partial charge in [-0.1, -0.05) is 41.7 Å². The molecule has 116 valence electrons. The second-order valence-corrected chi connectivity index (χ2v) is 6.71. The van der Waals surface area contributed by atoms with Crippen LogP contribution in [-0.4, -0.2) is 21.2 Å². The third-order valence-electron chi connectivity index (χ3n) is 4.32. The number of amides is 2. The zero-order chi connectivity index (χ0) is 16.4. The maximum absolute atomic E-state index is 13.0. The Bertz CT molecular complexity index is 1170. The lowest BCUT2D eigenvalue weighted by molar-refractivity contribution is 0.0925. The van der Waals surface area contributed by atoms with E-state index >= 15 is 0 Å². The Balaban J connectivity index is 1.79. The molecule has 0 saturated carbocycles. The molecule has 1 aliphatic rings. The fourth-order valence-corrected chi connectivity index (χ4v) is 4.26. The van der Waals surface area contributed by atoms with E-state index in [2.05, 4.69) is 4.98 Å². The van der Waals surface area contributed by atoms with Gasteiger partial charge in [-0.25, -0.2) is 9.88 Å². The van der Waals surface area contributed by atoms with Crippen molar-refractivity contribution in [2.45, 2.75) is 6.92 Å². The molecule has 0 N–H and O–H groups in total. The molecule has 6 heteroatoms. The molecule has 0 unspecified atom stereocenters. The second-order valence-electron chi connectivity index (χ2n) is 5.73. The van der Waals surface area contributed by atoms with Gasteiger partial charge in [-0.15, -0.1) is 0 Å². The highest BCUT2D eigenvalue weighted by Crippen LogP contribution is 2.37. The van der Waals surface area contributed by atoms with Crippen molar-refractivity contribution < 1.29 is 9.59 Å². The van der Waals surface area contributed by atoms with E-state index in [9.17, 15) is 9.59 Å². The zero-order valence-corrected chi connectivity index (χ0v) is 13.5. The molecule has 0 radical (unpaired) electrons. The van der Waals surface area contributed by atoms with Gasteiger partial charge in [-0.2, -0.15) is 0 Å². The highest BCUT2D eigenvalue weighted by Gasteiger charge is 2.42. The number of hydrogen-bond donors (Lipinski definition) is 0. The maximum Gasteiger partial charge on any atom is 0.284 e. The van der Waals surface area contributed by atoms with Gasteiger partial charge in [0.25, 0.3) is 11.8 Å². The summed E-state index contributed by atoms with van der Waals surface area (Å²) in [6, 6.07) is 15.0. The minimum absolute atomic E-state index is 0.274. The third-order valence-corrected chi connectivity index (χ3v) is 5.35. The summed E-state index contributed by atoms with van der Waals surface area (Å²) in [6.45, 7) is 1.89. The van der Waals surface area contributed by atoms with Gasteiger partial charge in [0.2, 0.25) is 0 Å². The van der Waals surface area contributed by atoms with E-state index in [-0.39, 0.29) is 11.8 Å². The van der Waals surface area contributed by atoms with Crippen molar-refractivity contribution in [3.8, 4) is 0 Å². The number of benzene rings is 2. The summed E-state index contributed by atoms with van der Waals surface area (Å²) in [4.78, 5) is 32.8. The van der Waals surface area contributed by atoms with Crippen LogP contribution in [0.25, 0.3) is 16.0 Å².